The molecule has 21 heavy (non-hydrogen) atoms. The van der Waals surface area contributed by atoms with Crippen molar-refractivity contribution in [3.63, 3.8) is 0 Å². The summed E-state index contributed by atoms with van der Waals surface area (Å²) in [6, 6.07) is 17.7. The van der Waals surface area contributed by atoms with Gasteiger partial charge in [-0.3, -0.25) is 4.79 Å². The second kappa shape index (κ2) is 5.53. The first kappa shape index (κ1) is 14.2. The van der Waals surface area contributed by atoms with Gasteiger partial charge in [-0.2, -0.15) is 0 Å². The molecule has 0 bridgehead atoms. The summed E-state index contributed by atoms with van der Waals surface area (Å²) in [5.74, 6) is 0.112. The van der Waals surface area contributed by atoms with E-state index in [1.165, 1.54) is 0 Å². The van der Waals surface area contributed by atoms with E-state index in [2.05, 4.69) is 5.32 Å². The number of amides is 1. The van der Waals surface area contributed by atoms with Gasteiger partial charge in [-0.25, -0.2) is 0 Å². The third-order valence-corrected chi connectivity index (χ3v) is 4.48. The van der Waals surface area contributed by atoms with E-state index in [9.17, 15) is 4.79 Å². The number of rotatable bonds is 4. The topological polar surface area (TPSA) is 29.1 Å². The molecule has 3 rings (SSSR count). The molecule has 1 N–H and O–H groups in total. The summed E-state index contributed by atoms with van der Waals surface area (Å²) in [4.78, 5) is 12.7. The van der Waals surface area contributed by atoms with E-state index < -0.39 is 0 Å². The standard InChI is InChI=1S/C18H18ClNO/c1-13(14-5-3-2-4-6-14)20-17(21)18(11-12-18)15-7-9-16(19)10-8-15/h2-10,13H,11-12H2,1H3,(H,20,21). The highest BCUT2D eigenvalue weighted by molar-refractivity contribution is 6.30. The van der Waals surface area contributed by atoms with Gasteiger partial charge in [-0.15, -0.1) is 0 Å². The van der Waals surface area contributed by atoms with Crippen LogP contribution >= 0.6 is 11.6 Å². The van der Waals surface area contributed by atoms with Gasteiger partial charge in [0, 0.05) is 5.02 Å². The van der Waals surface area contributed by atoms with Gasteiger partial charge in [0.05, 0.1) is 11.5 Å². The number of nitrogens with one attached hydrogen (secondary N) is 1. The van der Waals surface area contributed by atoms with Crippen molar-refractivity contribution in [1.29, 1.82) is 0 Å². The Morgan fingerprint density at radius 3 is 2.29 bits per heavy atom. The SMILES string of the molecule is CC(NC(=O)C1(c2ccc(Cl)cc2)CC1)c1ccccc1. The summed E-state index contributed by atoms with van der Waals surface area (Å²) in [5, 5.41) is 3.84. The minimum absolute atomic E-state index is 0.0171. The molecule has 2 nitrogen and oxygen atoms in total. The van der Waals surface area contributed by atoms with Crippen LogP contribution in [0.3, 0.4) is 0 Å². The molecule has 3 heteroatoms. The Hall–Kier alpha value is -1.80. The molecule has 2 aromatic carbocycles. The number of carbonyl (C=O) groups excluding carboxylic acids is 1. The van der Waals surface area contributed by atoms with Crippen LogP contribution in [0.4, 0.5) is 0 Å². The quantitative estimate of drug-likeness (QED) is 0.898. The minimum atomic E-state index is -0.354. The lowest BCUT2D eigenvalue weighted by Gasteiger charge is -2.20. The minimum Gasteiger partial charge on any atom is -0.349 e. The normalized spacial score (nSPS) is 17.0. The third-order valence-electron chi connectivity index (χ3n) is 4.23. The average Bonchev–Trinajstić information content (AvgIpc) is 3.30. The van der Waals surface area contributed by atoms with Crippen LogP contribution in [0.5, 0.6) is 0 Å². The third kappa shape index (κ3) is 2.81. The zero-order valence-corrected chi connectivity index (χ0v) is 12.7. The second-order valence-electron chi connectivity index (χ2n) is 5.69. The van der Waals surface area contributed by atoms with Crippen molar-refractivity contribution in [3.05, 3.63) is 70.7 Å². The van der Waals surface area contributed by atoms with E-state index in [-0.39, 0.29) is 17.4 Å². The number of hydrogen-bond acceptors (Lipinski definition) is 1. The van der Waals surface area contributed by atoms with Gasteiger partial charge in [-0.05, 0) is 43.0 Å². The van der Waals surface area contributed by atoms with Crippen LogP contribution in [0.1, 0.15) is 36.9 Å². The fraction of sp³-hybridized carbons (Fsp3) is 0.278. The Balaban J connectivity index is 1.75. The molecular weight excluding hydrogens is 282 g/mol. The first-order chi connectivity index (χ1) is 10.1. The van der Waals surface area contributed by atoms with Crippen LogP contribution < -0.4 is 5.32 Å². The summed E-state index contributed by atoms with van der Waals surface area (Å²) < 4.78 is 0. The summed E-state index contributed by atoms with van der Waals surface area (Å²) in [6.07, 6.45) is 1.81. The van der Waals surface area contributed by atoms with E-state index in [1.54, 1.807) is 0 Å². The maximum atomic E-state index is 12.7. The van der Waals surface area contributed by atoms with Crippen molar-refractivity contribution in [2.24, 2.45) is 0 Å². The van der Waals surface area contributed by atoms with Crippen molar-refractivity contribution < 1.29 is 4.79 Å². The smallest absolute Gasteiger partial charge is 0.231 e. The molecule has 1 fully saturated rings. The molecule has 1 aliphatic carbocycles. The van der Waals surface area contributed by atoms with Crippen molar-refractivity contribution >= 4 is 17.5 Å². The zero-order valence-electron chi connectivity index (χ0n) is 12.0. The molecule has 0 saturated heterocycles. The van der Waals surface area contributed by atoms with Crippen LogP contribution in [0.25, 0.3) is 0 Å². The maximum absolute atomic E-state index is 12.7. The maximum Gasteiger partial charge on any atom is 0.231 e. The molecule has 1 atom stereocenters. The molecule has 108 valence electrons. The molecule has 2 aromatic rings. The monoisotopic (exact) mass is 299 g/mol. The summed E-state index contributed by atoms with van der Waals surface area (Å²) >= 11 is 5.93. The first-order valence-corrected chi connectivity index (χ1v) is 7.61. The summed E-state index contributed by atoms with van der Waals surface area (Å²) in [6.45, 7) is 2.02. The van der Waals surface area contributed by atoms with Gasteiger partial charge < -0.3 is 5.32 Å². The van der Waals surface area contributed by atoms with Gasteiger partial charge >= 0.3 is 0 Å². The predicted octanol–water partition coefficient (Wildman–Crippen LogP) is 4.25. The molecule has 0 spiro atoms. The largest absolute Gasteiger partial charge is 0.349 e. The highest BCUT2D eigenvalue weighted by Crippen LogP contribution is 2.48. The molecule has 1 unspecified atom stereocenters. The Morgan fingerprint density at radius 1 is 1.10 bits per heavy atom. The van der Waals surface area contributed by atoms with Gasteiger partial charge in [0.25, 0.3) is 0 Å². The van der Waals surface area contributed by atoms with Crippen LogP contribution in [-0.4, -0.2) is 5.91 Å². The number of benzene rings is 2. The van der Waals surface area contributed by atoms with E-state index in [0.717, 1.165) is 24.0 Å². The second-order valence-corrected chi connectivity index (χ2v) is 6.13. The fourth-order valence-electron chi connectivity index (χ4n) is 2.70. The first-order valence-electron chi connectivity index (χ1n) is 7.24. The number of hydrogen-bond donors (Lipinski definition) is 1. The van der Waals surface area contributed by atoms with Crippen LogP contribution in [0.15, 0.2) is 54.6 Å². The molecule has 0 heterocycles. The Bertz CT molecular complexity index is 632. The van der Waals surface area contributed by atoms with Crippen LogP contribution in [-0.2, 0) is 10.2 Å². The van der Waals surface area contributed by atoms with Crippen LogP contribution in [0.2, 0.25) is 5.02 Å². The average molecular weight is 300 g/mol. The van der Waals surface area contributed by atoms with Crippen molar-refractivity contribution in [3.8, 4) is 0 Å². The Kier molecular flexibility index (Phi) is 3.73. The Morgan fingerprint density at radius 2 is 1.71 bits per heavy atom. The van der Waals surface area contributed by atoms with Crippen molar-refractivity contribution in [1.82, 2.24) is 5.32 Å². The summed E-state index contributed by atoms with van der Waals surface area (Å²) in [5.41, 5.74) is 1.83. The highest BCUT2D eigenvalue weighted by atomic mass is 35.5. The molecule has 0 radical (unpaired) electrons. The molecule has 1 saturated carbocycles. The van der Waals surface area contributed by atoms with Gasteiger partial charge in [-0.1, -0.05) is 54.1 Å². The van der Waals surface area contributed by atoms with Crippen molar-refractivity contribution in [2.45, 2.75) is 31.2 Å². The van der Waals surface area contributed by atoms with E-state index in [1.807, 2.05) is 61.5 Å². The fourth-order valence-corrected chi connectivity index (χ4v) is 2.83. The highest BCUT2D eigenvalue weighted by Gasteiger charge is 2.51. The number of halogens is 1. The number of carbonyl (C=O) groups is 1. The van der Waals surface area contributed by atoms with Gasteiger partial charge in [0.2, 0.25) is 5.91 Å². The van der Waals surface area contributed by atoms with Gasteiger partial charge in [0.1, 0.15) is 0 Å². The molecular formula is C18H18ClNO. The molecule has 1 aliphatic rings. The van der Waals surface area contributed by atoms with E-state index >= 15 is 0 Å². The summed E-state index contributed by atoms with van der Waals surface area (Å²) in [7, 11) is 0. The lowest BCUT2D eigenvalue weighted by molar-refractivity contribution is -0.124. The molecule has 0 aliphatic heterocycles. The van der Waals surface area contributed by atoms with E-state index in [4.69, 9.17) is 11.6 Å². The Labute approximate surface area is 130 Å². The van der Waals surface area contributed by atoms with Crippen LogP contribution in [0, 0.1) is 0 Å². The lowest BCUT2D eigenvalue weighted by Crippen LogP contribution is -2.36. The molecule has 1 amide bonds. The van der Waals surface area contributed by atoms with Crippen molar-refractivity contribution in [2.75, 3.05) is 0 Å². The molecule has 0 aromatic heterocycles. The van der Waals surface area contributed by atoms with Gasteiger partial charge in [0.15, 0.2) is 0 Å². The predicted molar refractivity (Wildman–Crippen MR) is 85.4 cm³/mol. The zero-order chi connectivity index (χ0) is 14.9. The lowest BCUT2D eigenvalue weighted by atomic mass is 9.94. The van der Waals surface area contributed by atoms with E-state index in [0.29, 0.717) is 5.02 Å².